The van der Waals surface area contributed by atoms with Gasteiger partial charge in [0, 0.05) is 24.2 Å². The van der Waals surface area contributed by atoms with Gasteiger partial charge >= 0.3 is 6.18 Å². The number of benzene rings is 2. The maximum atomic E-state index is 12.9. The number of nitrogens with zero attached hydrogens (tertiary/aromatic N) is 1. The fraction of sp³-hybridized carbons (Fsp3) is 0.263. The van der Waals surface area contributed by atoms with Crippen LogP contribution in [-0.2, 0) is 22.2 Å². The van der Waals surface area contributed by atoms with Crippen LogP contribution in [0.3, 0.4) is 0 Å². The summed E-state index contributed by atoms with van der Waals surface area (Å²) in [6, 6.07) is 11.5. The first-order valence-corrected chi connectivity index (χ1v) is 8.51. The second kappa shape index (κ2) is 8.90. The van der Waals surface area contributed by atoms with Crippen LogP contribution in [0.15, 0.2) is 48.5 Å². The third kappa shape index (κ3) is 6.29. The van der Waals surface area contributed by atoms with Gasteiger partial charge in [-0.05, 0) is 42.3 Å². The summed E-state index contributed by atoms with van der Waals surface area (Å²) in [5.74, 6) is -0.987. The number of anilines is 1. The lowest BCUT2D eigenvalue weighted by Gasteiger charge is -2.21. The maximum absolute atomic E-state index is 12.9. The van der Waals surface area contributed by atoms with Crippen LogP contribution in [-0.4, -0.2) is 24.9 Å². The zero-order valence-corrected chi connectivity index (χ0v) is 15.3. The van der Waals surface area contributed by atoms with Crippen molar-refractivity contribution in [1.29, 1.82) is 0 Å². The van der Waals surface area contributed by atoms with Crippen LogP contribution in [0.5, 0.6) is 0 Å². The monoisotopic (exact) mass is 398 g/mol. The second-order valence-electron chi connectivity index (χ2n) is 5.88. The molecule has 0 bridgehead atoms. The quantitative estimate of drug-likeness (QED) is 0.797. The van der Waals surface area contributed by atoms with Crippen LogP contribution in [0.4, 0.5) is 18.9 Å². The molecule has 0 radical (unpaired) electrons. The van der Waals surface area contributed by atoms with Gasteiger partial charge in [0.05, 0.1) is 5.56 Å². The van der Waals surface area contributed by atoms with Crippen molar-refractivity contribution in [3.63, 3.8) is 0 Å². The molecule has 0 unspecified atom stereocenters. The van der Waals surface area contributed by atoms with Gasteiger partial charge in [-0.15, -0.1) is 0 Å². The van der Waals surface area contributed by atoms with Crippen molar-refractivity contribution in [2.45, 2.75) is 19.5 Å². The van der Waals surface area contributed by atoms with Crippen molar-refractivity contribution in [3.05, 3.63) is 64.7 Å². The molecule has 144 valence electrons. The minimum atomic E-state index is -4.53. The number of amides is 2. The number of hydrogen-bond donors (Lipinski definition) is 1. The van der Waals surface area contributed by atoms with Crippen molar-refractivity contribution in [3.8, 4) is 0 Å². The van der Waals surface area contributed by atoms with E-state index in [0.29, 0.717) is 18.0 Å². The molecular weight excluding hydrogens is 381 g/mol. The molecule has 0 aromatic heterocycles. The number of alkyl halides is 3. The predicted molar refractivity (Wildman–Crippen MR) is 97.6 cm³/mol. The van der Waals surface area contributed by atoms with Gasteiger partial charge in [0.25, 0.3) is 0 Å². The smallest absolute Gasteiger partial charge is 0.354 e. The zero-order chi connectivity index (χ0) is 20.0. The molecule has 4 nitrogen and oxygen atoms in total. The molecule has 0 saturated heterocycles. The average molecular weight is 399 g/mol. The van der Waals surface area contributed by atoms with Crippen LogP contribution in [0.2, 0.25) is 5.02 Å². The third-order valence-electron chi connectivity index (χ3n) is 3.82. The van der Waals surface area contributed by atoms with Gasteiger partial charge in [-0.25, -0.2) is 0 Å². The van der Waals surface area contributed by atoms with Gasteiger partial charge in [0.2, 0.25) is 11.8 Å². The van der Waals surface area contributed by atoms with E-state index >= 15 is 0 Å². The predicted octanol–water partition coefficient (Wildman–Crippen LogP) is 4.07. The average Bonchev–Trinajstić information content (AvgIpc) is 2.60. The lowest BCUT2D eigenvalue weighted by atomic mass is 10.1. The minimum Gasteiger partial charge on any atom is -0.354 e. The van der Waals surface area contributed by atoms with Gasteiger partial charge in [-0.3, -0.25) is 9.59 Å². The molecule has 0 fully saturated rings. The van der Waals surface area contributed by atoms with Crippen molar-refractivity contribution in [1.82, 2.24) is 5.32 Å². The fourth-order valence-electron chi connectivity index (χ4n) is 2.43. The lowest BCUT2D eigenvalue weighted by Crippen LogP contribution is -2.40. The highest BCUT2D eigenvalue weighted by Gasteiger charge is 2.31. The van der Waals surface area contributed by atoms with Crippen molar-refractivity contribution >= 4 is 29.1 Å². The molecule has 2 rings (SSSR count). The Morgan fingerprint density at radius 1 is 1.11 bits per heavy atom. The van der Waals surface area contributed by atoms with E-state index < -0.39 is 23.6 Å². The van der Waals surface area contributed by atoms with Gasteiger partial charge < -0.3 is 10.2 Å². The van der Waals surface area contributed by atoms with Gasteiger partial charge in [0.15, 0.2) is 0 Å². The Kier molecular flexibility index (Phi) is 6.85. The van der Waals surface area contributed by atoms with E-state index in [1.54, 1.807) is 12.1 Å². The van der Waals surface area contributed by atoms with Gasteiger partial charge in [0.1, 0.15) is 6.54 Å². The molecule has 0 heterocycles. The van der Waals surface area contributed by atoms with E-state index in [9.17, 15) is 22.8 Å². The topological polar surface area (TPSA) is 49.4 Å². The summed E-state index contributed by atoms with van der Waals surface area (Å²) in [7, 11) is 0. The van der Waals surface area contributed by atoms with E-state index in [2.05, 4.69) is 5.32 Å². The van der Waals surface area contributed by atoms with Gasteiger partial charge in [-0.2, -0.15) is 13.2 Å². The van der Waals surface area contributed by atoms with E-state index in [1.165, 1.54) is 19.1 Å². The lowest BCUT2D eigenvalue weighted by molar-refractivity contribution is -0.137. The molecule has 0 aliphatic rings. The van der Waals surface area contributed by atoms with Crippen LogP contribution in [0.1, 0.15) is 18.1 Å². The standard InChI is InChI=1S/C19H18ClF3N2O2/c1-13(26)25(17-4-2-3-15(11-17)19(21,22)23)12-18(27)24-10-9-14-5-7-16(20)8-6-14/h2-8,11H,9-10,12H2,1H3,(H,24,27). The van der Waals surface area contributed by atoms with E-state index in [-0.39, 0.29) is 12.2 Å². The number of rotatable bonds is 6. The summed E-state index contributed by atoms with van der Waals surface area (Å²) in [6.45, 7) is 1.16. The summed E-state index contributed by atoms with van der Waals surface area (Å²) in [5.41, 5.74) is 0.112. The summed E-state index contributed by atoms with van der Waals surface area (Å²) < 4.78 is 38.6. The Bertz CT molecular complexity index is 807. The molecule has 0 aliphatic heterocycles. The van der Waals surface area contributed by atoms with Crippen LogP contribution < -0.4 is 10.2 Å². The Morgan fingerprint density at radius 3 is 2.37 bits per heavy atom. The van der Waals surface area contributed by atoms with Crippen LogP contribution in [0.25, 0.3) is 0 Å². The fourth-order valence-corrected chi connectivity index (χ4v) is 2.56. The Morgan fingerprint density at radius 2 is 1.78 bits per heavy atom. The molecule has 1 N–H and O–H groups in total. The first-order chi connectivity index (χ1) is 12.7. The molecule has 0 saturated carbocycles. The Labute approximate surface area is 159 Å². The molecule has 2 amide bonds. The van der Waals surface area contributed by atoms with Crippen LogP contribution in [0, 0.1) is 0 Å². The normalized spacial score (nSPS) is 11.1. The summed E-state index contributed by atoms with van der Waals surface area (Å²) in [4.78, 5) is 24.9. The summed E-state index contributed by atoms with van der Waals surface area (Å²) in [5, 5.41) is 3.27. The molecule has 0 spiro atoms. The van der Waals surface area contributed by atoms with E-state index in [4.69, 9.17) is 11.6 Å². The zero-order valence-electron chi connectivity index (χ0n) is 14.5. The molecular formula is C19H18ClF3N2O2. The first kappa shape index (κ1) is 20.8. The Hall–Kier alpha value is -2.54. The third-order valence-corrected chi connectivity index (χ3v) is 4.07. The van der Waals surface area contributed by atoms with Crippen molar-refractivity contribution < 1.29 is 22.8 Å². The number of halogens is 4. The largest absolute Gasteiger partial charge is 0.416 e. The molecule has 2 aromatic rings. The van der Waals surface area contributed by atoms with Crippen LogP contribution >= 0.6 is 11.6 Å². The number of carbonyl (C=O) groups is 2. The van der Waals surface area contributed by atoms with E-state index in [0.717, 1.165) is 22.6 Å². The number of nitrogens with one attached hydrogen (secondary N) is 1. The molecule has 27 heavy (non-hydrogen) atoms. The second-order valence-corrected chi connectivity index (χ2v) is 6.32. The molecule has 0 aliphatic carbocycles. The summed E-state index contributed by atoms with van der Waals surface area (Å²) in [6.07, 6.45) is -3.97. The summed E-state index contributed by atoms with van der Waals surface area (Å²) >= 11 is 5.80. The number of hydrogen-bond acceptors (Lipinski definition) is 2. The van der Waals surface area contributed by atoms with Crippen molar-refractivity contribution in [2.24, 2.45) is 0 Å². The highest BCUT2D eigenvalue weighted by molar-refractivity contribution is 6.30. The highest BCUT2D eigenvalue weighted by Crippen LogP contribution is 2.31. The first-order valence-electron chi connectivity index (χ1n) is 8.13. The van der Waals surface area contributed by atoms with E-state index in [1.807, 2.05) is 12.1 Å². The molecule has 2 aromatic carbocycles. The van der Waals surface area contributed by atoms with Gasteiger partial charge in [-0.1, -0.05) is 29.8 Å². The molecule has 0 atom stereocenters. The SMILES string of the molecule is CC(=O)N(CC(=O)NCCc1ccc(Cl)cc1)c1cccc(C(F)(F)F)c1. The minimum absolute atomic E-state index is 0.0187. The van der Waals surface area contributed by atoms with Crippen molar-refractivity contribution in [2.75, 3.05) is 18.0 Å². The highest BCUT2D eigenvalue weighted by atomic mass is 35.5. The Balaban J connectivity index is 1.98. The maximum Gasteiger partial charge on any atom is 0.416 e. The molecule has 8 heteroatoms. The number of carbonyl (C=O) groups excluding carboxylic acids is 2.